The Morgan fingerprint density at radius 3 is 2.44 bits per heavy atom. The number of phenolic OH excluding ortho intramolecular Hbond substituents is 1. The van der Waals surface area contributed by atoms with Crippen LogP contribution in [0.2, 0.25) is 0 Å². The zero-order valence-corrected chi connectivity index (χ0v) is 12.2. The summed E-state index contributed by atoms with van der Waals surface area (Å²) in [6, 6.07) is 1.84. The summed E-state index contributed by atoms with van der Waals surface area (Å²) in [6.07, 6.45) is 3.14. The Balaban J connectivity index is 2.58. The molecule has 0 aliphatic heterocycles. The lowest BCUT2D eigenvalue weighted by Gasteiger charge is -2.42. The molecular weight excluding hydrogens is 298 g/mol. The molecule has 4 nitrogen and oxygen atoms in total. The number of phenols is 1. The van der Waals surface area contributed by atoms with Crippen molar-refractivity contribution >= 4 is 15.9 Å². The molecule has 100 valence electrons. The molecule has 0 atom stereocenters. The zero-order chi connectivity index (χ0) is 13.3. The first kappa shape index (κ1) is 13.5. The van der Waals surface area contributed by atoms with Crippen molar-refractivity contribution in [3.8, 4) is 17.2 Å². The number of aromatic hydroxyl groups is 1. The predicted octanol–water partition coefficient (Wildman–Crippen LogP) is 2.55. The molecule has 1 aromatic rings. The number of nitrogens with two attached hydrogens (primary N) is 1. The second-order valence-corrected chi connectivity index (χ2v) is 5.45. The Bertz CT molecular complexity index is 453. The molecule has 1 aliphatic carbocycles. The first-order valence-electron chi connectivity index (χ1n) is 5.93. The summed E-state index contributed by atoms with van der Waals surface area (Å²) >= 11 is 3.36. The predicted molar refractivity (Wildman–Crippen MR) is 73.5 cm³/mol. The van der Waals surface area contributed by atoms with Crippen molar-refractivity contribution in [2.24, 2.45) is 5.73 Å². The van der Waals surface area contributed by atoms with Crippen molar-refractivity contribution in [2.75, 3.05) is 20.8 Å². The number of halogens is 1. The van der Waals surface area contributed by atoms with Crippen molar-refractivity contribution < 1.29 is 14.6 Å². The Hall–Kier alpha value is -0.940. The lowest BCUT2D eigenvalue weighted by Crippen LogP contribution is -2.41. The van der Waals surface area contributed by atoms with Crippen LogP contribution in [0.5, 0.6) is 17.2 Å². The average molecular weight is 316 g/mol. The number of methoxy groups -OCH3 is 2. The van der Waals surface area contributed by atoms with Crippen LogP contribution in [-0.2, 0) is 5.41 Å². The molecule has 0 amide bonds. The Morgan fingerprint density at radius 2 is 2.06 bits per heavy atom. The lowest BCUT2D eigenvalue weighted by molar-refractivity contribution is 0.242. The van der Waals surface area contributed by atoms with Gasteiger partial charge in [0.05, 0.1) is 14.2 Å². The highest BCUT2D eigenvalue weighted by atomic mass is 79.9. The molecule has 0 spiro atoms. The molecule has 1 aromatic carbocycles. The summed E-state index contributed by atoms with van der Waals surface area (Å²) < 4.78 is 11.1. The fourth-order valence-electron chi connectivity index (χ4n) is 2.53. The van der Waals surface area contributed by atoms with E-state index in [1.807, 2.05) is 6.07 Å². The molecule has 0 unspecified atom stereocenters. The van der Waals surface area contributed by atoms with Gasteiger partial charge in [0.2, 0.25) is 0 Å². The van der Waals surface area contributed by atoms with E-state index in [-0.39, 0.29) is 11.2 Å². The number of hydrogen-bond acceptors (Lipinski definition) is 4. The van der Waals surface area contributed by atoms with Crippen LogP contribution in [0.1, 0.15) is 24.8 Å². The van der Waals surface area contributed by atoms with Crippen LogP contribution in [0, 0.1) is 0 Å². The van der Waals surface area contributed by atoms with Crippen LogP contribution in [0.15, 0.2) is 10.5 Å². The van der Waals surface area contributed by atoms with Gasteiger partial charge in [-0.1, -0.05) is 6.42 Å². The summed E-state index contributed by atoms with van der Waals surface area (Å²) in [7, 11) is 3.13. The minimum absolute atomic E-state index is 0.119. The number of rotatable bonds is 4. The molecule has 0 saturated heterocycles. The maximum absolute atomic E-state index is 10.3. The maximum atomic E-state index is 10.3. The minimum Gasteiger partial charge on any atom is -0.506 e. The largest absolute Gasteiger partial charge is 0.506 e. The van der Waals surface area contributed by atoms with E-state index in [1.54, 1.807) is 14.2 Å². The minimum atomic E-state index is -0.119. The van der Waals surface area contributed by atoms with E-state index in [0.29, 0.717) is 22.5 Å². The van der Waals surface area contributed by atoms with Crippen LogP contribution < -0.4 is 15.2 Å². The van der Waals surface area contributed by atoms with E-state index < -0.39 is 0 Å². The third kappa shape index (κ3) is 1.86. The van der Waals surface area contributed by atoms with E-state index >= 15 is 0 Å². The number of benzene rings is 1. The summed E-state index contributed by atoms with van der Waals surface area (Å²) in [4.78, 5) is 0. The molecule has 0 bridgehead atoms. The van der Waals surface area contributed by atoms with Crippen LogP contribution >= 0.6 is 15.9 Å². The Kier molecular flexibility index (Phi) is 3.73. The van der Waals surface area contributed by atoms with E-state index in [1.165, 1.54) is 0 Å². The number of hydrogen-bond donors (Lipinski definition) is 2. The maximum Gasteiger partial charge on any atom is 0.178 e. The van der Waals surface area contributed by atoms with Gasteiger partial charge in [-0.15, -0.1) is 0 Å². The van der Waals surface area contributed by atoms with Crippen molar-refractivity contribution in [3.63, 3.8) is 0 Å². The van der Waals surface area contributed by atoms with Gasteiger partial charge in [-0.2, -0.15) is 0 Å². The van der Waals surface area contributed by atoms with Gasteiger partial charge in [0.25, 0.3) is 0 Å². The molecule has 1 saturated carbocycles. The summed E-state index contributed by atoms with van der Waals surface area (Å²) in [5.41, 5.74) is 6.61. The Labute approximate surface area is 115 Å². The van der Waals surface area contributed by atoms with Crippen LogP contribution in [-0.4, -0.2) is 25.9 Å². The molecule has 1 fully saturated rings. The second kappa shape index (κ2) is 4.97. The molecular formula is C13H18BrNO3. The van der Waals surface area contributed by atoms with Crippen molar-refractivity contribution in [1.29, 1.82) is 0 Å². The van der Waals surface area contributed by atoms with Crippen molar-refractivity contribution in [1.82, 2.24) is 0 Å². The third-order valence-corrected chi connectivity index (χ3v) is 4.59. The second-order valence-electron chi connectivity index (χ2n) is 4.66. The molecule has 1 aliphatic rings. The van der Waals surface area contributed by atoms with E-state index in [4.69, 9.17) is 15.2 Å². The third-order valence-electron chi connectivity index (χ3n) is 3.86. The smallest absolute Gasteiger partial charge is 0.178 e. The highest BCUT2D eigenvalue weighted by Gasteiger charge is 2.40. The molecule has 18 heavy (non-hydrogen) atoms. The fraction of sp³-hybridized carbons (Fsp3) is 0.538. The molecule has 2 rings (SSSR count). The molecule has 0 aromatic heterocycles. The van der Waals surface area contributed by atoms with Gasteiger partial charge >= 0.3 is 0 Å². The van der Waals surface area contributed by atoms with E-state index in [9.17, 15) is 5.11 Å². The summed E-state index contributed by atoms with van der Waals surface area (Å²) in [6.45, 7) is 0.530. The molecule has 0 heterocycles. The standard InChI is InChI=1S/C13H18BrNO3/c1-17-9-6-8(13(7-15)4-3-5-13)11(16)10(14)12(9)18-2/h6,16H,3-5,7,15H2,1-2H3. The van der Waals surface area contributed by atoms with Gasteiger partial charge in [0.1, 0.15) is 10.2 Å². The quantitative estimate of drug-likeness (QED) is 0.896. The highest BCUT2D eigenvalue weighted by molar-refractivity contribution is 9.10. The fourth-order valence-corrected chi connectivity index (χ4v) is 3.10. The Morgan fingerprint density at radius 1 is 1.39 bits per heavy atom. The molecule has 3 N–H and O–H groups in total. The monoisotopic (exact) mass is 315 g/mol. The molecule has 0 radical (unpaired) electrons. The zero-order valence-electron chi connectivity index (χ0n) is 10.6. The van der Waals surface area contributed by atoms with Crippen LogP contribution in [0.25, 0.3) is 0 Å². The average Bonchev–Trinajstić information content (AvgIpc) is 2.33. The highest BCUT2D eigenvalue weighted by Crippen LogP contribution is 2.52. The van der Waals surface area contributed by atoms with Crippen molar-refractivity contribution in [2.45, 2.75) is 24.7 Å². The normalized spacial score (nSPS) is 17.1. The van der Waals surface area contributed by atoms with Gasteiger partial charge < -0.3 is 20.3 Å². The van der Waals surface area contributed by atoms with Gasteiger partial charge in [-0.05, 0) is 34.8 Å². The first-order valence-corrected chi connectivity index (χ1v) is 6.73. The van der Waals surface area contributed by atoms with E-state index in [2.05, 4.69) is 15.9 Å². The number of ether oxygens (including phenoxy) is 2. The van der Waals surface area contributed by atoms with Crippen LogP contribution in [0.4, 0.5) is 0 Å². The van der Waals surface area contributed by atoms with Gasteiger partial charge in [-0.3, -0.25) is 0 Å². The lowest BCUT2D eigenvalue weighted by atomic mass is 9.64. The van der Waals surface area contributed by atoms with Gasteiger partial charge in [0, 0.05) is 17.5 Å². The summed E-state index contributed by atoms with van der Waals surface area (Å²) in [5.74, 6) is 1.32. The van der Waals surface area contributed by atoms with Gasteiger partial charge in [0.15, 0.2) is 11.5 Å². The first-order chi connectivity index (χ1) is 8.59. The van der Waals surface area contributed by atoms with Crippen molar-refractivity contribution in [3.05, 3.63) is 16.1 Å². The van der Waals surface area contributed by atoms with Gasteiger partial charge in [-0.25, -0.2) is 0 Å². The molecule has 5 heteroatoms. The SMILES string of the molecule is COc1cc(C2(CN)CCC2)c(O)c(Br)c1OC. The summed E-state index contributed by atoms with van der Waals surface area (Å²) in [5, 5.41) is 10.3. The van der Waals surface area contributed by atoms with Crippen LogP contribution in [0.3, 0.4) is 0 Å². The van der Waals surface area contributed by atoms with E-state index in [0.717, 1.165) is 24.8 Å². The topological polar surface area (TPSA) is 64.7 Å².